The number of hydrogen-bond acceptors (Lipinski definition) is 3. The maximum absolute atomic E-state index is 12.3. The highest BCUT2D eigenvalue weighted by atomic mass is 16.2. The van der Waals surface area contributed by atoms with E-state index in [9.17, 15) is 9.59 Å². The summed E-state index contributed by atoms with van der Waals surface area (Å²) in [4.78, 5) is 28.6. The Morgan fingerprint density at radius 1 is 0.960 bits per heavy atom. The van der Waals surface area contributed by atoms with E-state index in [1.807, 2.05) is 31.2 Å². The van der Waals surface area contributed by atoms with Crippen LogP contribution in [-0.4, -0.2) is 23.3 Å². The lowest BCUT2D eigenvalue weighted by molar-refractivity contribution is 0.0942. The highest BCUT2D eigenvalue weighted by Gasteiger charge is 2.12. The molecule has 0 bridgehead atoms. The molecule has 5 heteroatoms. The second-order valence-corrected chi connectivity index (χ2v) is 6.46. The normalized spacial score (nSPS) is 10.6. The summed E-state index contributed by atoms with van der Waals surface area (Å²) in [7, 11) is 0. The van der Waals surface area contributed by atoms with Gasteiger partial charge >= 0.3 is 0 Å². The van der Waals surface area contributed by atoms with Crippen LogP contribution >= 0.6 is 0 Å². The third-order valence-corrected chi connectivity index (χ3v) is 3.92. The number of hydrogen-bond donors (Lipinski definition) is 2. The SMILES string of the molecule is Cc1ccccc1CNC(=O)c1cccc(C(=O)NCCC(C)C)n1. The fraction of sp³-hybridized carbons (Fsp3) is 0.350. The smallest absolute Gasteiger partial charge is 0.270 e. The summed E-state index contributed by atoms with van der Waals surface area (Å²) in [6.07, 6.45) is 0.905. The van der Waals surface area contributed by atoms with E-state index in [-0.39, 0.29) is 23.2 Å². The number of aromatic nitrogens is 1. The number of nitrogens with zero attached hydrogens (tertiary/aromatic N) is 1. The number of rotatable bonds is 7. The van der Waals surface area contributed by atoms with E-state index < -0.39 is 0 Å². The van der Waals surface area contributed by atoms with Crippen LogP contribution in [0, 0.1) is 12.8 Å². The summed E-state index contributed by atoms with van der Waals surface area (Å²) in [6, 6.07) is 12.8. The van der Waals surface area contributed by atoms with E-state index in [1.165, 1.54) is 0 Å². The number of amides is 2. The first-order valence-electron chi connectivity index (χ1n) is 8.55. The average Bonchev–Trinajstić information content (AvgIpc) is 2.60. The van der Waals surface area contributed by atoms with Crippen molar-refractivity contribution in [1.29, 1.82) is 0 Å². The number of benzene rings is 1. The van der Waals surface area contributed by atoms with E-state index in [2.05, 4.69) is 29.5 Å². The fourth-order valence-corrected chi connectivity index (χ4v) is 2.33. The van der Waals surface area contributed by atoms with E-state index in [4.69, 9.17) is 0 Å². The molecule has 5 nitrogen and oxygen atoms in total. The molecule has 1 aromatic carbocycles. The molecule has 132 valence electrons. The minimum absolute atomic E-state index is 0.241. The predicted molar refractivity (Wildman–Crippen MR) is 98.4 cm³/mol. The van der Waals surface area contributed by atoms with Gasteiger partial charge in [0.1, 0.15) is 11.4 Å². The number of nitrogens with one attached hydrogen (secondary N) is 2. The Kier molecular flexibility index (Phi) is 6.69. The van der Waals surface area contributed by atoms with Crippen molar-refractivity contribution in [1.82, 2.24) is 15.6 Å². The van der Waals surface area contributed by atoms with Gasteiger partial charge in [0.05, 0.1) is 0 Å². The Morgan fingerprint density at radius 3 is 2.24 bits per heavy atom. The van der Waals surface area contributed by atoms with Crippen LogP contribution in [0.15, 0.2) is 42.5 Å². The van der Waals surface area contributed by atoms with Gasteiger partial charge in [-0.15, -0.1) is 0 Å². The van der Waals surface area contributed by atoms with E-state index in [0.717, 1.165) is 17.5 Å². The zero-order valence-electron chi connectivity index (χ0n) is 15.0. The maximum atomic E-state index is 12.3. The molecule has 0 fully saturated rings. The summed E-state index contributed by atoms with van der Waals surface area (Å²) >= 11 is 0. The molecule has 0 aliphatic carbocycles. The number of aryl methyl sites for hydroxylation is 1. The molecular formula is C20H25N3O2. The van der Waals surface area contributed by atoms with Crippen LogP contribution in [0.2, 0.25) is 0 Å². The molecule has 0 saturated carbocycles. The van der Waals surface area contributed by atoms with Gasteiger partial charge in [0.2, 0.25) is 0 Å². The first-order chi connectivity index (χ1) is 12.0. The first kappa shape index (κ1) is 18.6. The predicted octanol–water partition coefficient (Wildman–Crippen LogP) is 3.10. The van der Waals surface area contributed by atoms with Gasteiger partial charge in [0, 0.05) is 13.1 Å². The lowest BCUT2D eigenvalue weighted by atomic mass is 10.1. The van der Waals surface area contributed by atoms with Gasteiger partial charge in [-0.25, -0.2) is 4.98 Å². The summed E-state index contributed by atoms with van der Waals surface area (Å²) in [6.45, 7) is 7.23. The highest BCUT2D eigenvalue weighted by Crippen LogP contribution is 2.07. The molecule has 25 heavy (non-hydrogen) atoms. The Morgan fingerprint density at radius 2 is 1.60 bits per heavy atom. The van der Waals surface area contributed by atoms with Crippen LogP contribution < -0.4 is 10.6 Å². The Balaban J connectivity index is 1.96. The molecule has 1 aromatic heterocycles. The Hall–Kier alpha value is -2.69. The van der Waals surface area contributed by atoms with Gasteiger partial charge in [0.15, 0.2) is 0 Å². The number of pyridine rings is 1. The van der Waals surface area contributed by atoms with Crippen molar-refractivity contribution in [3.8, 4) is 0 Å². The van der Waals surface area contributed by atoms with Crippen molar-refractivity contribution in [3.05, 3.63) is 65.0 Å². The van der Waals surface area contributed by atoms with Crippen LogP contribution in [0.5, 0.6) is 0 Å². The van der Waals surface area contributed by atoms with Crippen molar-refractivity contribution in [2.45, 2.75) is 33.7 Å². The van der Waals surface area contributed by atoms with Crippen LogP contribution in [0.3, 0.4) is 0 Å². The van der Waals surface area contributed by atoms with Gasteiger partial charge < -0.3 is 10.6 Å². The van der Waals surface area contributed by atoms with Crippen molar-refractivity contribution < 1.29 is 9.59 Å². The summed E-state index contributed by atoms with van der Waals surface area (Å²) in [5, 5.41) is 5.68. The molecule has 0 atom stereocenters. The molecule has 0 spiro atoms. The minimum Gasteiger partial charge on any atom is -0.351 e. The van der Waals surface area contributed by atoms with E-state index in [0.29, 0.717) is 19.0 Å². The summed E-state index contributed by atoms with van der Waals surface area (Å²) in [5.74, 6) is -0.0268. The molecule has 0 aliphatic heterocycles. The lowest BCUT2D eigenvalue weighted by Crippen LogP contribution is -2.28. The van der Waals surface area contributed by atoms with Gasteiger partial charge in [-0.3, -0.25) is 9.59 Å². The van der Waals surface area contributed by atoms with E-state index in [1.54, 1.807) is 18.2 Å². The molecule has 2 rings (SSSR count). The molecule has 0 saturated heterocycles. The minimum atomic E-state index is -0.292. The standard InChI is InChI=1S/C20H25N3O2/c1-14(2)11-12-21-19(24)17-9-6-10-18(23-17)20(25)22-13-16-8-5-4-7-15(16)3/h4-10,14H,11-13H2,1-3H3,(H,21,24)(H,22,25). The van der Waals surface area contributed by atoms with Crippen molar-refractivity contribution in [2.75, 3.05) is 6.54 Å². The Bertz CT molecular complexity index is 741. The third-order valence-electron chi connectivity index (χ3n) is 3.92. The summed E-state index contributed by atoms with van der Waals surface area (Å²) in [5.41, 5.74) is 2.67. The van der Waals surface area contributed by atoms with Gasteiger partial charge in [-0.2, -0.15) is 0 Å². The quantitative estimate of drug-likeness (QED) is 0.814. The van der Waals surface area contributed by atoms with Gasteiger partial charge in [-0.1, -0.05) is 44.2 Å². The topological polar surface area (TPSA) is 71.1 Å². The first-order valence-corrected chi connectivity index (χ1v) is 8.55. The maximum Gasteiger partial charge on any atom is 0.270 e. The molecule has 2 aromatic rings. The van der Waals surface area contributed by atoms with E-state index >= 15 is 0 Å². The van der Waals surface area contributed by atoms with Crippen molar-refractivity contribution in [2.24, 2.45) is 5.92 Å². The second-order valence-electron chi connectivity index (χ2n) is 6.46. The molecule has 0 unspecified atom stereocenters. The average molecular weight is 339 g/mol. The molecule has 0 aliphatic rings. The molecule has 0 radical (unpaired) electrons. The largest absolute Gasteiger partial charge is 0.351 e. The van der Waals surface area contributed by atoms with Gasteiger partial charge in [-0.05, 0) is 42.5 Å². The second kappa shape index (κ2) is 8.97. The van der Waals surface area contributed by atoms with Crippen molar-refractivity contribution in [3.63, 3.8) is 0 Å². The van der Waals surface area contributed by atoms with Crippen LogP contribution in [-0.2, 0) is 6.54 Å². The zero-order chi connectivity index (χ0) is 18.2. The Labute approximate surface area is 148 Å². The zero-order valence-corrected chi connectivity index (χ0v) is 15.0. The number of carbonyl (C=O) groups excluding carboxylic acids is 2. The summed E-state index contributed by atoms with van der Waals surface area (Å²) < 4.78 is 0. The number of carbonyl (C=O) groups is 2. The fourth-order valence-electron chi connectivity index (χ4n) is 2.33. The molecule has 1 heterocycles. The monoisotopic (exact) mass is 339 g/mol. The lowest BCUT2D eigenvalue weighted by Gasteiger charge is -2.09. The van der Waals surface area contributed by atoms with Gasteiger partial charge in [0.25, 0.3) is 11.8 Å². The molecular weight excluding hydrogens is 314 g/mol. The third kappa shape index (κ3) is 5.71. The van der Waals surface area contributed by atoms with Crippen molar-refractivity contribution >= 4 is 11.8 Å². The van der Waals surface area contributed by atoms with Crippen LogP contribution in [0.25, 0.3) is 0 Å². The molecule has 2 N–H and O–H groups in total. The van der Waals surface area contributed by atoms with Crippen LogP contribution in [0.4, 0.5) is 0 Å². The molecule has 2 amide bonds. The van der Waals surface area contributed by atoms with Crippen LogP contribution in [0.1, 0.15) is 52.4 Å². The highest BCUT2D eigenvalue weighted by molar-refractivity contribution is 5.96.